The van der Waals surface area contributed by atoms with Gasteiger partial charge in [0.1, 0.15) is 0 Å². The highest BCUT2D eigenvalue weighted by Crippen LogP contribution is 2.44. The van der Waals surface area contributed by atoms with Gasteiger partial charge in [-0.05, 0) is 36.1 Å². The molecule has 1 heteroatoms. The van der Waals surface area contributed by atoms with E-state index in [1.54, 1.807) is 0 Å². The Morgan fingerprint density at radius 1 is 0.579 bits per heavy atom. The summed E-state index contributed by atoms with van der Waals surface area (Å²) in [5, 5.41) is 2.99. The molecule has 0 aliphatic rings. The molecule has 0 atom stereocenters. The van der Waals surface area contributed by atoms with E-state index in [-0.39, 0.29) is 0 Å². The molecule has 0 radical (unpaired) electrons. The fraction of sp³-hybridized carbons (Fsp3) is 0.111. The molecular weight excluding hydrogens is 247 g/mol. The fourth-order valence-electron chi connectivity index (χ4n) is 2.47. The van der Waals surface area contributed by atoms with Gasteiger partial charge in [-0.25, -0.2) is 0 Å². The van der Waals surface area contributed by atoms with E-state index in [9.17, 15) is 0 Å². The molecular formula is C18H17P. The van der Waals surface area contributed by atoms with Gasteiger partial charge < -0.3 is 0 Å². The van der Waals surface area contributed by atoms with Crippen molar-refractivity contribution in [3.8, 4) is 21.7 Å². The first kappa shape index (κ1) is 12.3. The van der Waals surface area contributed by atoms with Crippen LogP contribution in [0.1, 0.15) is 11.1 Å². The SMILES string of the molecule is Cc1c(-c2ccccc2)[pH]c(-c2ccccc2)c1C. The molecule has 0 nitrogen and oxygen atoms in total. The van der Waals surface area contributed by atoms with Crippen LogP contribution in [0.5, 0.6) is 0 Å². The third-order valence-corrected chi connectivity index (χ3v) is 5.51. The Bertz CT molecular complexity index is 618. The third-order valence-electron chi connectivity index (χ3n) is 3.69. The molecule has 1 heterocycles. The Morgan fingerprint density at radius 3 is 1.32 bits per heavy atom. The lowest BCUT2D eigenvalue weighted by molar-refractivity contribution is 1.40. The number of hydrogen-bond donors (Lipinski definition) is 0. The highest BCUT2D eigenvalue weighted by molar-refractivity contribution is 7.38. The van der Waals surface area contributed by atoms with Crippen molar-refractivity contribution in [2.24, 2.45) is 0 Å². The molecule has 1 aromatic heterocycles. The molecule has 0 bridgehead atoms. The summed E-state index contributed by atoms with van der Waals surface area (Å²) >= 11 is 0. The molecule has 3 rings (SSSR count). The largest absolute Gasteiger partial charge is 0.123 e. The second-order valence-corrected chi connectivity index (χ2v) is 6.11. The van der Waals surface area contributed by atoms with E-state index >= 15 is 0 Å². The predicted molar refractivity (Wildman–Crippen MR) is 86.3 cm³/mol. The zero-order chi connectivity index (χ0) is 13.2. The predicted octanol–water partition coefficient (Wildman–Crippen LogP) is 5.67. The maximum Gasteiger partial charge on any atom is 0.00198 e. The van der Waals surface area contributed by atoms with Gasteiger partial charge in [0.05, 0.1) is 0 Å². The van der Waals surface area contributed by atoms with Crippen LogP contribution >= 0.6 is 8.19 Å². The normalized spacial score (nSPS) is 10.6. The van der Waals surface area contributed by atoms with E-state index in [2.05, 4.69) is 74.5 Å². The summed E-state index contributed by atoms with van der Waals surface area (Å²) in [6.07, 6.45) is 0. The van der Waals surface area contributed by atoms with Crippen molar-refractivity contribution >= 4 is 8.19 Å². The molecule has 0 aliphatic carbocycles. The van der Waals surface area contributed by atoms with E-state index in [1.165, 1.54) is 32.8 Å². The number of hydrogen-bond acceptors (Lipinski definition) is 0. The topological polar surface area (TPSA) is 0 Å². The molecule has 19 heavy (non-hydrogen) atoms. The first-order valence-corrected chi connectivity index (χ1v) is 7.57. The van der Waals surface area contributed by atoms with Gasteiger partial charge in [0.15, 0.2) is 0 Å². The van der Waals surface area contributed by atoms with Crippen LogP contribution in [0, 0.1) is 13.8 Å². The molecule has 0 fully saturated rings. The average Bonchev–Trinajstić information content (AvgIpc) is 2.77. The zero-order valence-corrected chi connectivity index (χ0v) is 12.3. The van der Waals surface area contributed by atoms with Gasteiger partial charge in [0, 0.05) is 10.6 Å². The number of rotatable bonds is 2. The Kier molecular flexibility index (Phi) is 3.27. The van der Waals surface area contributed by atoms with Crippen molar-refractivity contribution < 1.29 is 0 Å². The summed E-state index contributed by atoms with van der Waals surface area (Å²) in [4.78, 5) is 0. The minimum Gasteiger partial charge on any atom is -0.123 e. The molecule has 0 saturated carbocycles. The highest BCUT2D eigenvalue weighted by atomic mass is 31.0. The standard InChI is InChI=1S/C18H17P/c1-13-14(2)18(16-11-7-4-8-12-16)19-17(13)15-9-5-3-6-10-15/h3-12,19H,1-2H3. The van der Waals surface area contributed by atoms with Crippen LogP contribution in [0.15, 0.2) is 60.7 Å². The summed E-state index contributed by atoms with van der Waals surface area (Å²) < 4.78 is 0. The molecule has 2 aromatic carbocycles. The molecule has 0 spiro atoms. The van der Waals surface area contributed by atoms with Crippen molar-refractivity contribution in [1.82, 2.24) is 0 Å². The second-order valence-electron chi connectivity index (χ2n) is 4.86. The molecule has 0 saturated heterocycles. The lowest BCUT2D eigenvalue weighted by atomic mass is 10.0. The van der Waals surface area contributed by atoms with Gasteiger partial charge >= 0.3 is 0 Å². The van der Waals surface area contributed by atoms with Crippen LogP contribution in [-0.4, -0.2) is 0 Å². The maximum atomic E-state index is 2.25. The minimum atomic E-state index is 0.766. The van der Waals surface area contributed by atoms with Crippen molar-refractivity contribution in [2.45, 2.75) is 13.8 Å². The lowest BCUT2D eigenvalue weighted by Crippen LogP contribution is -1.79. The number of benzene rings is 2. The Labute approximate surface area is 116 Å². The van der Waals surface area contributed by atoms with E-state index < -0.39 is 0 Å². The molecule has 3 aromatic rings. The van der Waals surface area contributed by atoms with E-state index in [0.717, 1.165) is 8.19 Å². The van der Waals surface area contributed by atoms with Crippen LogP contribution in [0.25, 0.3) is 21.7 Å². The van der Waals surface area contributed by atoms with Crippen molar-refractivity contribution in [2.75, 3.05) is 0 Å². The van der Waals surface area contributed by atoms with Crippen LogP contribution < -0.4 is 0 Å². The van der Waals surface area contributed by atoms with Gasteiger partial charge in [-0.15, -0.1) is 8.19 Å². The van der Waals surface area contributed by atoms with Crippen molar-refractivity contribution in [1.29, 1.82) is 0 Å². The molecule has 0 unspecified atom stereocenters. The van der Waals surface area contributed by atoms with Crippen molar-refractivity contribution in [3.05, 3.63) is 71.8 Å². The van der Waals surface area contributed by atoms with Gasteiger partial charge in [0.25, 0.3) is 0 Å². The van der Waals surface area contributed by atoms with Crippen LogP contribution in [-0.2, 0) is 0 Å². The molecule has 0 amide bonds. The monoisotopic (exact) mass is 264 g/mol. The lowest BCUT2D eigenvalue weighted by Gasteiger charge is -2.00. The highest BCUT2D eigenvalue weighted by Gasteiger charge is 2.12. The minimum absolute atomic E-state index is 0.766. The van der Waals surface area contributed by atoms with Gasteiger partial charge in [-0.2, -0.15) is 0 Å². The van der Waals surface area contributed by atoms with Gasteiger partial charge in [0.2, 0.25) is 0 Å². The summed E-state index contributed by atoms with van der Waals surface area (Å²) in [6, 6.07) is 21.5. The van der Waals surface area contributed by atoms with Crippen LogP contribution in [0.2, 0.25) is 0 Å². The average molecular weight is 264 g/mol. The third kappa shape index (κ3) is 2.25. The molecule has 0 aliphatic heterocycles. The van der Waals surface area contributed by atoms with Crippen molar-refractivity contribution in [3.63, 3.8) is 0 Å². The summed E-state index contributed by atoms with van der Waals surface area (Å²) in [6.45, 7) is 4.50. The molecule has 0 N–H and O–H groups in total. The summed E-state index contributed by atoms with van der Waals surface area (Å²) in [5.41, 5.74) is 5.62. The fourth-order valence-corrected chi connectivity index (χ4v) is 4.10. The Morgan fingerprint density at radius 2 is 0.947 bits per heavy atom. The first-order valence-electron chi connectivity index (χ1n) is 6.57. The maximum absolute atomic E-state index is 2.25. The smallest absolute Gasteiger partial charge is 0.00198 e. The van der Waals surface area contributed by atoms with E-state index in [0.29, 0.717) is 0 Å². The quantitative estimate of drug-likeness (QED) is 0.559. The van der Waals surface area contributed by atoms with Gasteiger partial charge in [-0.3, -0.25) is 0 Å². The van der Waals surface area contributed by atoms with Crippen LogP contribution in [0.3, 0.4) is 0 Å². The van der Waals surface area contributed by atoms with Crippen LogP contribution in [0.4, 0.5) is 0 Å². The van der Waals surface area contributed by atoms with E-state index in [1.807, 2.05) is 0 Å². The summed E-state index contributed by atoms with van der Waals surface area (Å²) in [7, 11) is 0.766. The Hall–Kier alpha value is -1.78. The van der Waals surface area contributed by atoms with E-state index in [4.69, 9.17) is 0 Å². The Balaban J connectivity index is 2.16. The zero-order valence-electron chi connectivity index (χ0n) is 11.3. The van der Waals surface area contributed by atoms with Gasteiger partial charge in [-0.1, -0.05) is 60.7 Å². The second kappa shape index (κ2) is 5.07. The first-order chi connectivity index (χ1) is 9.27. The summed E-state index contributed by atoms with van der Waals surface area (Å²) in [5.74, 6) is 0. The molecule has 94 valence electrons.